The van der Waals surface area contributed by atoms with Crippen LogP contribution in [0, 0.1) is 0 Å². The second-order valence-electron chi connectivity index (χ2n) is 5.74. The number of hydrogen-bond acceptors (Lipinski definition) is 0. The summed E-state index contributed by atoms with van der Waals surface area (Å²) in [5.74, 6) is 0. The van der Waals surface area contributed by atoms with Crippen molar-refractivity contribution >= 4 is 0 Å². The van der Waals surface area contributed by atoms with Gasteiger partial charge in [-0.25, -0.2) is 0 Å². The van der Waals surface area contributed by atoms with Gasteiger partial charge in [0.15, 0.2) is 0 Å². The Balaban J connectivity index is 2.06. The van der Waals surface area contributed by atoms with E-state index < -0.39 is 23.5 Å². The molecule has 0 aliphatic heterocycles. The quantitative estimate of drug-likeness (QED) is 0.426. The lowest BCUT2D eigenvalue weighted by atomic mass is 9.97. The van der Waals surface area contributed by atoms with Gasteiger partial charge in [0.2, 0.25) is 0 Å². The van der Waals surface area contributed by atoms with Crippen molar-refractivity contribution in [3.8, 4) is 22.3 Å². The second kappa shape index (κ2) is 6.52. The van der Waals surface area contributed by atoms with E-state index in [1.807, 2.05) is 30.3 Å². The second-order valence-corrected chi connectivity index (χ2v) is 5.74. The van der Waals surface area contributed by atoms with Crippen LogP contribution < -0.4 is 0 Å². The van der Waals surface area contributed by atoms with Crippen LogP contribution in [0.2, 0.25) is 0 Å². The summed E-state index contributed by atoms with van der Waals surface area (Å²) in [5, 5.41) is 0. The molecule has 0 fully saturated rings. The molecule has 0 aliphatic rings. The summed E-state index contributed by atoms with van der Waals surface area (Å²) in [6.07, 6.45) is -9.72. The Labute approximate surface area is 145 Å². The van der Waals surface area contributed by atoms with Gasteiger partial charge in [0.1, 0.15) is 0 Å². The average Bonchev–Trinajstić information content (AvgIpc) is 2.61. The van der Waals surface area contributed by atoms with Crippen LogP contribution in [0.25, 0.3) is 22.3 Å². The first kappa shape index (κ1) is 18.0. The third kappa shape index (κ3) is 3.90. The summed E-state index contributed by atoms with van der Waals surface area (Å²) in [7, 11) is 0. The number of rotatable bonds is 2. The van der Waals surface area contributed by atoms with Crippen molar-refractivity contribution in [2.45, 2.75) is 12.4 Å². The topological polar surface area (TPSA) is 0 Å². The van der Waals surface area contributed by atoms with Crippen molar-refractivity contribution in [1.29, 1.82) is 0 Å². The minimum absolute atomic E-state index is 0.127. The fourth-order valence-corrected chi connectivity index (χ4v) is 2.61. The first-order valence-electron chi connectivity index (χ1n) is 7.60. The van der Waals surface area contributed by atoms with Crippen LogP contribution in [0.4, 0.5) is 26.3 Å². The lowest BCUT2D eigenvalue weighted by molar-refractivity contribution is -0.143. The molecule has 0 unspecified atom stereocenters. The number of benzene rings is 3. The first-order valence-corrected chi connectivity index (χ1v) is 7.60. The van der Waals surface area contributed by atoms with E-state index in [1.54, 1.807) is 12.1 Å². The Hall–Kier alpha value is -2.76. The zero-order valence-electron chi connectivity index (χ0n) is 13.2. The normalized spacial score (nSPS) is 12.2. The van der Waals surface area contributed by atoms with Gasteiger partial charge in [0.05, 0.1) is 11.1 Å². The lowest BCUT2D eigenvalue weighted by Crippen LogP contribution is -2.11. The minimum atomic E-state index is -4.86. The Morgan fingerprint density at radius 1 is 0.423 bits per heavy atom. The molecule has 0 heterocycles. The summed E-state index contributed by atoms with van der Waals surface area (Å²) in [5.41, 5.74) is -0.784. The zero-order chi connectivity index (χ0) is 18.9. The van der Waals surface area contributed by atoms with E-state index >= 15 is 0 Å². The van der Waals surface area contributed by atoms with Crippen LogP contribution in [0.1, 0.15) is 11.1 Å². The molecule has 6 heteroatoms. The van der Waals surface area contributed by atoms with Gasteiger partial charge < -0.3 is 0 Å². The molecule has 134 valence electrons. The van der Waals surface area contributed by atoms with E-state index in [0.717, 1.165) is 23.3 Å². The molecule has 0 bridgehead atoms. The largest absolute Gasteiger partial charge is 0.416 e. The highest BCUT2D eigenvalue weighted by Crippen LogP contribution is 2.38. The monoisotopic (exact) mass is 366 g/mol. The van der Waals surface area contributed by atoms with Crippen molar-refractivity contribution in [2.24, 2.45) is 0 Å². The highest BCUT2D eigenvalue weighted by molar-refractivity contribution is 5.71. The minimum Gasteiger partial charge on any atom is -0.166 e. The van der Waals surface area contributed by atoms with Crippen molar-refractivity contribution in [2.75, 3.05) is 0 Å². The lowest BCUT2D eigenvalue weighted by Gasteiger charge is -2.14. The molecule has 0 nitrogen and oxygen atoms in total. The van der Waals surface area contributed by atoms with E-state index in [-0.39, 0.29) is 17.2 Å². The van der Waals surface area contributed by atoms with Crippen LogP contribution in [-0.2, 0) is 12.4 Å². The van der Waals surface area contributed by atoms with E-state index in [1.165, 1.54) is 12.1 Å². The van der Waals surface area contributed by atoms with Gasteiger partial charge in [-0.1, -0.05) is 54.6 Å². The molecule has 0 saturated carbocycles. The van der Waals surface area contributed by atoms with Crippen molar-refractivity contribution in [3.63, 3.8) is 0 Å². The van der Waals surface area contributed by atoms with Crippen molar-refractivity contribution in [1.82, 2.24) is 0 Å². The van der Waals surface area contributed by atoms with Crippen molar-refractivity contribution < 1.29 is 26.3 Å². The zero-order valence-corrected chi connectivity index (χ0v) is 13.2. The molecule has 3 aromatic carbocycles. The Morgan fingerprint density at radius 2 is 0.808 bits per heavy atom. The van der Waals surface area contributed by atoms with E-state index in [0.29, 0.717) is 0 Å². The molecule has 3 aromatic rings. The number of alkyl halides is 6. The van der Waals surface area contributed by atoms with E-state index in [4.69, 9.17) is 0 Å². The van der Waals surface area contributed by atoms with Gasteiger partial charge >= 0.3 is 12.4 Å². The van der Waals surface area contributed by atoms with Gasteiger partial charge in [-0.05, 0) is 40.5 Å². The van der Waals surface area contributed by atoms with Crippen LogP contribution >= 0.6 is 0 Å². The molecule has 0 spiro atoms. The Kier molecular flexibility index (Phi) is 4.52. The van der Waals surface area contributed by atoms with Gasteiger partial charge in [-0.2, -0.15) is 26.3 Å². The fraction of sp³-hybridized carbons (Fsp3) is 0.100. The molecule has 0 saturated heterocycles. The highest BCUT2D eigenvalue weighted by atomic mass is 19.4. The summed E-state index contributed by atoms with van der Waals surface area (Å²) in [4.78, 5) is 0. The van der Waals surface area contributed by atoms with Crippen LogP contribution in [0.15, 0.2) is 72.8 Å². The van der Waals surface area contributed by atoms with E-state index in [2.05, 4.69) is 0 Å². The Morgan fingerprint density at radius 3 is 1.23 bits per heavy atom. The maximum Gasteiger partial charge on any atom is 0.416 e. The maximum absolute atomic E-state index is 13.0. The van der Waals surface area contributed by atoms with Crippen molar-refractivity contribution in [3.05, 3.63) is 83.9 Å². The molecule has 0 N–H and O–H groups in total. The van der Waals surface area contributed by atoms with Crippen LogP contribution in [0.3, 0.4) is 0 Å². The third-order valence-electron chi connectivity index (χ3n) is 3.91. The molecule has 0 aromatic heterocycles. The van der Waals surface area contributed by atoms with Gasteiger partial charge in [0.25, 0.3) is 0 Å². The molecular formula is C20H12F6. The van der Waals surface area contributed by atoms with E-state index in [9.17, 15) is 26.3 Å². The molecular weight excluding hydrogens is 354 g/mol. The fourth-order valence-electron chi connectivity index (χ4n) is 2.61. The SMILES string of the molecule is FC(F)(F)c1cc(-c2ccc(-c3ccccc3)cc2)cc(C(F)(F)F)c1. The first-order chi connectivity index (χ1) is 12.1. The summed E-state index contributed by atoms with van der Waals surface area (Å²) in [6, 6.07) is 17.2. The Bertz CT molecular complexity index is 858. The average molecular weight is 366 g/mol. The van der Waals surface area contributed by atoms with Gasteiger partial charge in [0, 0.05) is 0 Å². The third-order valence-corrected chi connectivity index (χ3v) is 3.91. The molecule has 26 heavy (non-hydrogen) atoms. The number of hydrogen-bond donors (Lipinski definition) is 0. The van der Waals surface area contributed by atoms with Crippen LogP contribution in [0.5, 0.6) is 0 Å². The standard InChI is InChI=1S/C20H12F6/c21-19(22,23)17-10-16(11-18(12-17)20(24,25)26)15-8-6-14(7-9-15)13-4-2-1-3-5-13/h1-12H. The molecule has 0 atom stereocenters. The van der Waals surface area contributed by atoms with Gasteiger partial charge in [-0.3, -0.25) is 0 Å². The summed E-state index contributed by atoms with van der Waals surface area (Å²) < 4.78 is 77.8. The highest BCUT2D eigenvalue weighted by Gasteiger charge is 2.36. The summed E-state index contributed by atoms with van der Waals surface area (Å²) >= 11 is 0. The van der Waals surface area contributed by atoms with Gasteiger partial charge in [-0.15, -0.1) is 0 Å². The molecule has 0 radical (unpaired) electrons. The molecule has 0 amide bonds. The smallest absolute Gasteiger partial charge is 0.166 e. The summed E-state index contributed by atoms with van der Waals surface area (Å²) in [6.45, 7) is 0. The predicted molar refractivity (Wildman–Crippen MR) is 87.3 cm³/mol. The van der Waals surface area contributed by atoms with Crippen LogP contribution in [-0.4, -0.2) is 0 Å². The molecule has 0 aliphatic carbocycles. The predicted octanol–water partition coefficient (Wildman–Crippen LogP) is 7.06. The maximum atomic E-state index is 13.0. The number of halogens is 6. The molecule has 3 rings (SSSR count).